The summed E-state index contributed by atoms with van der Waals surface area (Å²) >= 11 is 0. The smallest absolute Gasteiger partial charge is 0.224 e. The minimum atomic E-state index is -0.278. The molecule has 24 heavy (non-hydrogen) atoms. The van der Waals surface area contributed by atoms with Crippen molar-refractivity contribution in [3.8, 4) is 5.69 Å². The molecule has 0 radical (unpaired) electrons. The fourth-order valence-corrected chi connectivity index (χ4v) is 2.61. The number of hydrogen-bond donors (Lipinski definition) is 1. The van der Waals surface area contributed by atoms with E-state index in [0.717, 1.165) is 16.8 Å². The highest BCUT2D eigenvalue weighted by molar-refractivity contribution is 5.79. The van der Waals surface area contributed by atoms with E-state index in [9.17, 15) is 9.18 Å². The lowest BCUT2D eigenvalue weighted by Gasteiger charge is -2.14. The highest BCUT2D eigenvalue weighted by Gasteiger charge is 2.10. The number of rotatable bonds is 5. The second-order valence-corrected chi connectivity index (χ2v) is 5.77. The van der Waals surface area contributed by atoms with Gasteiger partial charge in [-0.15, -0.1) is 0 Å². The number of hydrogen-bond acceptors (Lipinski definition) is 1. The molecule has 1 amide bonds. The molecule has 0 saturated carbocycles. The highest BCUT2D eigenvalue weighted by atomic mass is 19.1. The average Bonchev–Trinajstić information content (AvgIpc) is 3.10. The molecule has 2 aromatic carbocycles. The molecule has 0 aliphatic carbocycles. The first-order chi connectivity index (χ1) is 11.6. The fraction of sp³-hybridized carbons (Fsp3) is 0.150. The number of nitrogens with zero attached hydrogens (tertiary/aromatic N) is 1. The Balaban J connectivity index is 1.59. The second-order valence-electron chi connectivity index (χ2n) is 5.77. The highest BCUT2D eigenvalue weighted by Crippen LogP contribution is 2.14. The molecule has 0 saturated heterocycles. The summed E-state index contributed by atoms with van der Waals surface area (Å²) in [6.45, 7) is 1.89. The van der Waals surface area contributed by atoms with Gasteiger partial charge in [-0.05, 0) is 54.4 Å². The van der Waals surface area contributed by atoms with Crippen LogP contribution in [-0.4, -0.2) is 10.5 Å². The summed E-state index contributed by atoms with van der Waals surface area (Å²) in [6, 6.07) is 17.9. The van der Waals surface area contributed by atoms with Crippen LogP contribution >= 0.6 is 0 Å². The van der Waals surface area contributed by atoms with E-state index in [1.54, 1.807) is 12.1 Å². The predicted molar refractivity (Wildman–Crippen MR) is 92.4 cm³/mol. The minimum Gasteiger partial charge on any atom is -0.349 e. The van der Waals surface area contributed by atoms with Crippen LogP contribution in [0.25, 0.3) is 5.69 Å². The van der Waals surface area contributed by atoms with Crippen molar-refractivity contribution >= 4 is 5.91 Å². The standard InChI is InChI=1S/C20H19FN2O/c1-15(17-6-8-18(21)9-7-17)22-20(24)14-16-4-10-19(11-5-16)23-12-2-3-13-23/h2-13,15H,14H2,1H3,(H,22,24)/t15-/m1/s1. The molecule has 4 heteroatoms. The van der Waals surface area contributed by atoms with Crippen LogP contribution in [0.2, 0.25) is 0 Å². The van der Waals surface area contributed by atoms with Crippen LogP contribution < -0.4 is 5.32 Å². The van der Waals surface area contributed by atoms with E-state index in [2.05, 4.69) is 5.32 Å². The van der Waals surface area contributed by atoms with Gasteiger partial charge in [-0.2, -0.15) is 0 Å². The lowest BCUT2D eigenvalue weighted by atomic mass is 10.1. The first-order valence-electron chi connectivity index (χ1n) is 7.89. The number of carbonyl (C=O) groups is 1. The van der Waals surface area contributed by atoms with Gasteiger partial charge in [0.05, 0.1) is 12.5 Å². The summed E-state index contributed by atoms with van der Waals surface area (Å²) in [5.74, 6) is -0.333. The van der Waals surface area contributed by atoms with Crippen molar-refractivity contribution in [3.05, 3.63) is 90.0 Å². The van der Waals surface area contributed by atoms with Gasteiger partial charge in [-0.25, -0.2) is 4.39 Å². The van der Waals surface area contributed by atoms with E-state index >= 15 is 0 Å². The van der Waals surface area contributed by atoms with Crippen LogP contribution in [0.3, 0.4) is 0 Å². The molecule has 3 aromatic rings. The summed E-state index contributed by atoms with van der Waals surface area (Å²) in [7, 11) is 0. The molecular formula is C20H19FN2O. The molecule has 1 heterocycles. The Morgan fingerprint density at radius 3 is 2.29 bits per heavy atom. The molecule has 122 valence electrons. The van der Waals surface area contributed by atoms with Crippen LogP contribution in [0.15, 0.2) is 73.1 Å². The van der Waals surface area contributed by atoms with Crippen LogP contribution in [0.5, 0.6) is 0 Å². The van der Waals surface area contributed by atoms with Gasteiger partial charge < -0.3 is 9.88 Å². The fourth-order valence-electron chi connectivity index (χ4n) is 2.61. The zero-order valence-electron chi connectivity index (χ0n) is 13.4. The molecule has 1 N–H and O–H groups in total. The Morgan fingerprint density at radius 2 is 1.67 bits per heavy atom. The van der Waals surface area contributed by atoms with E-state index in [0.29, 0.717) is 6.42 Å². The van der Waals surface area contributed by atoms with Crippen molar-refractivity contribution in [1.29, 1.82) is 0 Å². The van der Waals surface area contributed by atoms with Crippen molar-refractivity contribution in [2.24, 2.45) is 0 Å². The molecular weight excluding hydrogens is 303 g/mol. The van der Waals surface area contributed by atoms with Crippen molar-refractivity contribution in [2.45, 2.75) is 19.4 Å². The Morgan fingerprint density at radius 1 is 1.04 bits per heavy atom. The van der Waals surface area contributed by atoms with Gasteiger partial charge in [0.2, 0.25) is 5.91 Å². The van der Waals surface area contributed by atoms with Gasteiger partial charge in [0, 0.05) is 18.1 Å². The van der Waals surface area contributed by atoms with Gasteiger partial charge in [-0.3, -0.25) is 4.79 Å². The Hall–Kier alpha value is -2.88. The van der Waals surface area contributed by atoms with Crippen molar-refractivity contribution in [1.82, 2.24) is 9.88 Å². The normalized spacial score (nSPS) is 11.9. The molecule has 1 atom stereocenters. The summed E-state index contributed by atoms with van der Waals surface area (Å²) in [4.78, 5) is 12.2. The summed E-state index contributed by atoms with van der Waals surface area (Å²) < 4.78 is 15.0. The summed E-state index contributed by atoms with van der Waals surface area (Å²) in [5.41, 5.74) is 2.89. The third kappa shape index (κ3) is 3.90. The van der Waals surface area contributed by atoms with E-state index in [1.165, 1.54) is 12.1 Å². The van der Waals surface area contributed by atoms with Crippen molar-refractivity contribution in [3.63, 3.8) is 0 Å². The zero-order chi connectivity index (χ0) is 16.9. The van der Waals surface area contributed by atoms with E-state index in [-0.39, 0.29) is 17.8 Å². The first-order valence-corrected chi connectivity index (χ1v) is 7.89. The van der Waals surface area contributed by atoms with Crippen LogP contribution in [-0.2, 0) is 11.2 Å². The van der Waals surface area contributed by atoms with E-state index in [4.69, 9.17) is 0 Å². The number of benzene rings is 2. The maximum absolute atomic E-state index is 12.9. The largest absolute Gasteiger partial charge is 0.349 e. The van der Waals surface area contributed by atoms with Gasteiger partial charge in [0.15, 0.2) is 0 Å². The SMILES string of the molecule is C[C@@H](NC(=O)Cc1ccc(-n2cccc2)cc1)c1ccc(F)cc1. The Kier molecular flexibility index (Phi) is 4.75. The third-order valence-electron chi connectivity index (χ3n) is 3.95. The lowest BCUT2D eigenvalue weighted by molar-refractivity contribution is -0.121. The Labute approximate surface area is 140 Å². The zero-order valence-corrected chi connectivity index (χ0v) is 13.4. The average molecular weight is 322 g/mol. The molecule has 3 nitrogen and oxygen atoms in total. The van der Waals surface area contributed by atoms with Gasteiger partial charge in [0.25, 0.3) is 0 Å². The van der Waals surface area contributed by atoms with Crippen LogP contribution in [0, 0.1) is 5.82 Å². The molecule has 0 spiro atoms. The van der Waals surface area contributed by atoms with Crippen molar-refractivity contribution < 1.29 is 9.18 Å². The summed E-state index contributed by atoms with van der Waals surface area (Å²) in [6.07, 6.45) is 4.27. The molecule has 1 aromatic heterocycles. The van der Waals surface area contributed by atoms with Crippen LogP contribution in [0.4, 0.5) is 4.39 Å². The third-order valence-corrected chi connectivity index (χ3v) is 3.95. The number of amides is 1. The minimum absolute atomic E-state index is 0.0551. The molecule has 0 fully saturated rings. The van der Waals surface area contributed by atoms with Crippen LogP contribution in [0.1, 0.15) is 24.1 Å². The quantitative estimate of drug-likeness (QED) is 0.756. The Bertz CT molecular complexity index is 793. The van der Waals surface area contributed by atoms with Crippen molar-refractivity contribution in [2.75, 3.05) is 0 Å². The second kappa shape index (κ2) is 7.13. The van der Waals surface area contributed by atoms with Gasteiger partial charge in [0.1, 0.15) is 5.82 Å². The summed E-state index contributed by atoms with van der Waals surface area (Å²) in [5, 5.41) is 2.94. The maximum atomic E-state index is 12.9. The van der Waals surface area contributed by atoms with Gasteiger partial charge >= 0.3 is 0 Å². The molecule has 0 unspecified atom stereocenters. The number of nitrogens with one attached hydrogen (secondary N) is 1. The predicted octanol–water partition coefficient (Wildman–Crippen LogP) is 4.04. The maximum Gasteiger partial charge on any atom is 0.224 e. The molecule has 0 bridgehead atoms. The van der Waals surface area contributed by atoms with E-state index in [1.807, 2.05) is 60.3 Å². The number of halogens is 1. The topological polar surface area (TPSA) is 34.0 Å². The lowest BCUT2D eigenvalue weighted by Crippen LogP contribution is -2.28. The number of carbonyl (C=O) groups excluding carboxylic acids is 1. The number of aromatic nitrogens is 1. The molecule has 3 rings (SSSR count). The molecule has 0 aliphatic heterocycles. The van der Waals surface area contributed by atoms with E-state index < -0.39 is 0 Å². The first kappa shape index (κ1) is 16.0. The monoisotopic (exact) mass is 322 g/mol. The molecule has 0 aliphatic rings. The van der Waals surface area contributed by atoms with Gasteiger partial charge in [-0.1, -0.05) is 24.3 Å².